The average molecular weight is 311 g/mol. The fourth-order valence-electron chi connectivity index (χ4n) is 2.14. The van der Waals surface area contributed by atoms with E-state index >= 15 is 0 Å². The Morgan fingerprint density at radius 2 is 2.04 bits per heavy atom. The van der Waals surface area contributed by atoms with Crippen molar-refractivity contribution in [1.29, 1.82) is 5.26 Å². The largest absolute Gasteiger partial charge is 0.461 e. The van der Waals surface area contributed by atoms with Crippen molar-refractivity contribution in [3.05, 3.63) is 53.6 Å². The summed E-state index contributed by atoms with van der Waals surface area (Å²) in [6.07, 6.45) is 9.36. The summed E-state index contributed by atoms with van der Waals surface area (Å²) in [4.78, 5) is 12.0. The second-order valence-corrected chi connectivity index (χ2v) is 5.48. The molecule has 0 aromatic heterocycles. The molecule has 23 heavy (non-hydrogen) atoms. The zero-order valence-corrected chi connectivity index (χ0v) is 14.0. The van der Waals surface area contributed by atoms with E-state index in [2.05, 4.69) is 13.8 Å². The summed E-state index contributed by atoms with van der Waals surface area (Å²) in [6.45, 7) is 4.63. The van der Waals surface area contributed by atoms with Crippen LogP contribution in [-0.4, -0.2) is 12.6 Å². The van der Waals surface area contributed by atoms with Crippen molar-refractivity contribution < 1.29 is 9.53 Å². The summed E-state index contributed by atoms with van der Waals surface area (Å²) >= 11 is 0. The lowest BCUT2D eigenvalue weighted by molar-refractivity contribution is -0.140. The van der Waals surface area contributed by atoms with Gasteiger partial charge >= 0.3 is 5.97 Å². The Balaban J connectivity index is 2.56. The van der Waals surface area contributed by atoms with Crippen LogP contribution in [0.3, 0.4) is 0 Å². The number of hydrogen-bond acceptors (Lipinski definition) is 3. The Bertz CT molecular complexity index is 567. The fourth-order valence-corrected chi connectivity index (χ4v) is 2.14. The molecular weight excluding hydrogens is 286 g/mol. The summed E-state index contributed by atoms with van der Waals surface area (Å²) in [5.74, 6) is -0.168. The highest BCUT2D eigenvalue weighted by Crippen LogP contribution is 2.13. The molecule has 1 rings (SSSR count). The zero-order chi connectivity index (χ0) is 16.9. The van der Waals surface area contributed by atoms with Crippen LogP contribution in [0, 0.1) is 17.2 Å². The molecule has 0 aliphatic heterocycles. The van der Waals surface area contributed by atoms with Gasteiger partial charge in [-0.15, -0.1) is 0 Å². The molecule has 3 nitrogen and oxygen atoms in total. The number of nitrogens with zero attached hydrogens (tertiary/aromatic N) is 1. The second kappa shape index (κ2) is 11.3. The van der Waals surface area contributed by atoms with E-state index in [1.807, 2.05) is 42.5 Å². The molecule has 0 unspecified atom stereocenters. The van der Waals surface area contributed by atoms with Gasteiger partial charge in [-0.2, -0.15) is 5.26 Å². The third-order valence-corrected chi connectivity index (χ3v) is 3.68. The highest BCUT2D eigenvalue weighted by atomic mass is 16.5. The van der Waals surface area contributed by atoms with E-state index in [1.54, 1.807) is 6.08 Å². The lowest BCUT2D eigenvalue weighted by Gasteiger charge is -2.14. The molecule has 1 aromatic rings. The van der Waals surface area contributed by atoms with Crippen LogP contribution in [0.15, 0.2) is 48.1 Å². The molecule has 0 spiro atoms. The molecule has 0 amide bonds. The molecule has 0 heterocycles. The molecule has 0 saturated carbocycles. The van der Waals surface area contributed by atoms with Crippen molar-refractivity contribution >= 4 is 12.0 Å². The summed E-state index contributed by atoms with van der Waals surface area (Å²) in [5.41, 5.74) is 1.04. The molecule has 1 atom stereocenters. The third-order valence-electron chi connectivity index (χ3n) is 3.68. The van der Waals surface area contributed by atoms with Crippen LogP contribution in [0.25, 0.3) is 6.08 Å². The number of carbonyl (C=O) groups is 1. The van der Waals surface area contributed by atoms with Crippen molar-refractivity contribution in [3.8, 4) is 6.07 Å². The number of ether oxygens (including phenoxy) is 1. The standard InChI is InChI=1S/C20H25NO2/c1-3-5-10-17(4-2)16-23-20(22)19(15-21)14-9-13-18-11-7-6-8-12-18/h6-9,11-14,17H,3-5,10,16H2,1-2H3/b13-9+,19-14-/t17-/m0/s1. The Morgan fingerprint density at radius 3 is 2.65 bits per heavy atom. The number of benzene rings is 1. The van der Waals surface area contributed by atoms with Crippen molar-refractivity contribution in [1.82, 2.24) is 0 Å². The van der Waals surface area contributed by atoms with Crippen molar-refractivity contribution in [3.63, 3.8) is 0 Å². The van der Waals surface area contributed by atoms with Crippen LogP contribution in [0.5, 0.6) is 0 Å². The van der Waals surface area contributed by atoms with Gasteiger partial charge in [-0.05, 0) is 24.0 Å². The smallest absolute Gasteiger partial charge is 0.348 e. The average Bonchev–Trinajstić information content (AvgIpc) is 2.59. The van der Waals surface area contributed by atoms with E-state index < -0.39 is 5.97 Å². The van der Waals surface area contributed by atoms with Crippen LogP contribution < -0.4 is 0 Å². The molecule has 3 heteroatoms. The van der Waals surface area contributed by atoms with E-state index in [9.17, 15) is 4.79 Å². The first-order chi connectivity index (χ1) is 11.2. The van der Waals surface area contributed by atoms with Gasteiger partial charge in [0.1, 0.15) is 11.6 Å². The molecule has 0 fully saturated rings. The van der Waals surface area contributed by atoms with Crippen LogP contribution in [0.1, 0.15) is 45.1 Å². The minimum absolute atomic E-state index is 0.0301. The molecule has 122 valence electrons. The lowest BCUT2D eigenvalue weighted by Crippen LogP contribution is -2.14. The highest BCUT2D eigenvalue weighted by Gasteiger charge is 2.13. The van der Waals surface area contributed by atoms with E-state index in [-0.39, 0.29) is 5.57 Å². The third kappa shape index (κ3) is 7.46. The topological polar surface area (TPSA) is 50.1 Å². The normalized spacial score (nSPS) is 12.8. The molecule has 0 bridgehead atoms. The van der Waals surface area contributed by atoms with Crippen LogP contribution >= 0.6 is 0 Å². The summed E-state index contributed by atoms with van der Waals surface area (Å²) in [7, 11) is 0. The van der Waals surface area contributed by atoms with E-state index in [0.717, 1.165) is 31.2 Å². The van der Waals surface area contributed by atoms with Gasteiger partial charge in [0.05, 0.1) is 6.61 Å². The second-order valence-electron chi connectivity index (χ2n) is 5.48. The maximum atomic E-state index is 12.0. The highest BCUT2D eigenvalue weighted by molar-refractivity contribution is 5.93. The zero-order valence-electron chi connectivity index (χ0n) is 14.0. The monoisotopic (exact) mass is 311 g/mol. The molecule has 1 aromatic carbocycles. The van der Waals surface area contributed by atoms with Gasteiger partial charge in [0, 0.05) is 0 Å². The molecular formula is C20H25NO2. The maximum Gasteiger partial charge on any atom is 0.348 e. The van der Waals surface area contributed by atoms with Gasteiger partial charge in [0.15, 0.2) is 0 Å². The first-order valence-electron chi connectivity index (χ1n) is 8.21. The Morgan fingerprint density at radius 1 is 1.30 bits per heavy atom. The van der Waals surface area contributed by atoms with Crippen LogP contribution in [0.2, 0.25) is 0 Å². The van der Waals surface area contributed by atoms with Gasteiger partial charge in [0.2, 0.25) is 0 Å². The van der Waals surface area contributed by atoms with Crippen molar-refractivity contribution in [2.24, 2.45) is 5.92 Å². The van der Waals surface area contributed by atoms with Gasteiger partial charge in [-0.3, -0.25) is 0 Å². The summed E-state index contributed by atoms with van der Waals surface area (Å²) in [5, 5.41) is 9.10. The number of nitriles is 1. The first kappa shape index (κ1) is 18.7. The predicted molar refractivity (Wildman–Crippen MR) is 93.4 cm³/mol. The predicted octanol–water partition coefficient (Wildman–Crippen LogP) is 4.91. The minimum Gasteiger partial charge on any atom is -0.461 e. The minimum atomic E-state index is -0.542. The van der Waals surface area contributed by atoms with Gasteiger partial charge in [-0.1, -0.05) is 75.6 Å². The molecule has 0 radical (unpaired) electrons. The summed E-state index contributed by atoms with van der Waals surface area (Å²) < 4.78 is 5.28. The number of hydrogen-bond donors (Lipinski definition) is 0. The number of allylic oxidation sites excluding steroid dienone is 2. The first-order valence-corrected chi connectivity index (χ1v) is 8.21. The summed E-state index contributed by atoms with van der Waals surface area (Å²) in [6, 6.07) is 11.6. The van der Waals surface area contributed by atoms with Crippen LogP contribution in [0.4, 0.5) is 0 Å². The van der Waals surface area contributed by atoms with E-state index in [1.165, 1.54) is 6.08 Å². The van der Waals surface area contributed by atoms with Gasteiger partial charge in [0.25, 0.3) is 0 Å². The number of rotatable bonds is 9. The SMILES string of the molecule is CCCC[C@H](CC)COC(=O)/C(C#N)=C\C=C\c1ccccc1. The van der Waals surface area contributed by atoms with Gasteiger partial charge in [-0.25, -0.2) is 4.79 Å². The number of esters is 1. The molecule has 0 N–H and O–H groups in total. The molecule has 0 aliphatic carbocycles. The van der Waals surface area contributed by atoms with E-state index in [0.29, 0.717) is 12.5 Å². The van der Waals surface area contributed by atoms with Crippen molar-refractivity contribution in [2.45, 2.75) is 39.5 Å². The Kier molecular flexibility index (Phi) is 9.16. The van der Waals surface area contributed by atoms with Crippen molar-refractivity contribution in [2.75, 3.05) is 6.61 Å². The van der Waals surface area contributed by atoms with Crippen LogP contribution in [-0.2, 0) is 9.53 Å². The fraction of sp³-hybridized carbons (Fsp3) is 0.400. The maximum absolute atomic E-state index is 12.0. The number of unbranched alkanes of at least 4 members (excludes halogenated alkanes) is 1. The van der Waals surface area contributed by atoms with E-state index in [4.69, 9.17) is 10.00 Å². The lowest BCUT2D eigenvalue weighted by atomic mass is 10.0. The molecule has 0 aliphatic rings. The Labute approximate surface area is 139 Å². The van der Waals surface area contributed by atoms with Gasteiger partial charge < -0.3 is 4.74 Å². The quantitative estimate of drug-likeness (QED) is 0.282. The molecule has 0 saturated heterocycles. The number of carbonyl (C=O) groups excluding carboxylic acids is 1. The Hall–Kier alpha value is -2.34.